The highest BCUT2D eigenvalue weighted by Crippen LogP contribution is 2.44. The number of aliphatic hydroxyl groups excluding tert-OH is 1. The lowest BCUT2D eigenvalue weighted by Crippen LogP contribution is -2.39. The minimum Gasteiger partial charge on any atom is -0.449 e. The van der Waals surface area contributed by atoms with Gasteiger partial charge in [0.25, 0.3) is 5.92 Å². The number of hydrogen-bond acceptors (Lipinski definition) is 3. The topological polar surface area (TPSA) is 58.6 Å². The third-order valence-electron chi connectivity index (χ3n) is 4.07. The third-order valence-corrected chi connectivity index (χ3v) is 4.07. The van der Waals surface area contributed by atoms with Crippen LogP contribution in [0.4, 0.5) is 13.6 Å². The van der Waals surface area contributed by atoms with Crippen LogP contribution in [0.25, 0.3) is 11.1 Å². The number of halogens is 2. The Hall–Kier alpha value is -2.47. The smallest absolute Gasteiger partial charge is 0.407 e. The first kappa shape index (κ1) is 16.4. The van der Waals surface area contributed by atoms with Crippen LogP contribution in [0.1, 0.15) is 17.0 Å². The lowest BCUT2D eigenvalue weighted by Gasteiger charge is -2.16. The fourth-order valence-electron chi connectivity index (χ4n) is 2.91. The van der Waals surface area contributed by atoms with Crippen LogP contribution in [0.5, 0.6) is 0 Å². The predicted molar refractivity (Wildman–Crippen MR) is 85.1 cm³/mol. The van der Waals surface area contributed by atoms with E-state index >= 15 is 0 Å². The number of aliphatic hydroxyl groups is 1. The maximum Gasteiger partial charge on any atom is 0.407 e. The van der Waals surface area contributed by atoms with Crippen molar-refractivity contribution in [2.45, 2.75) is 11.8 Å². The van der Waals surface area contributed by atoms with E-state index in [0.29, 0.717) is 0 Å². The van der Waals surface area contributed by atoms with Gasteiger partial charge in [-0.15, -0.1) is 0 Å². The van der Waals surface area contributed by atoms with Crippen molar-refractivity contribution in [3.8, 4) is 11.1 Å². The van der Waals surface area contributed by atoms with E-state index in [1.54, 1.807) is 0 Å². The Bertz CT molecular complexity index is 703. The molecule has 24 heavy (non-hydrogen) atoms. The first-order valence-electron chi connectivity index (χ1n) is 7.59. The van der Waals surface area contributed by atoms with Crippen molar-refractivity contribution in [1.82, 2.24) is 5.32 Å². The Morgan fingerprint density at radius 3 is 2.17 bits per heavy atom. The van der Waals surface area contributed by atoms with Gasteiger partial charge in [-0.25, -0.2) is 13.6 Å². The average molecular weight is 333 g/mol. The van der Waals surface area contributed by atoms with Gasteiger partial charge in [-0.2, -0.15) is 0 Å². The Labute approximate surface area is 138 Å². The standard InChI is InChI=1S/C18H17F2NO3/c19-18(20,11-22)10-21-17(23)24-9-16-14-7-3-1-5-12(14)13-6-2-4-8-15(13)16/h1-8,16,22H,9-11H2,(H,21,23). The van der Waals surface area contributed by atoms with Crippen LogP contribution in [-0.4, -0.2) is 36.9 Å². The predicted octanol–water partition coefficient (Wildman–Crippen LogP) is 3.15. The van der Waals surface area contributed by atoms with Gasteiger partial charge in [0.2, 0.25) is 0 Å². The number of hydrogen-bond donors (Lipinski definition) is 2. The molecule has 2 aromatic carbocycles. The van der Waals surface area contributed by atoms with E-state index in [1.165, 1.54) is 0 Å². The monoisotopic (exact) mass is 333 g/mol. The molecule has 0 atom stereocenters. The Balaban J connectivity index is 1.69. The molecule has 0 saturated carbocycles. The number of fused-ring (bicyclic) bond motifs is 3. The van der Waals surface area contributed by atoms with Crippen molar-refractivity contribution >= 4 is 6.09 Å². The first-order chi connectivity index (χ1) is 11.5. The molecule has 0 radical (unpaired) electrons. The molecule has 2 aromatic rings. The van der Waals surface area contributed by atoms with Gasteiger partial charge in [0.05, 0.1) is 6.54 Å². The zero-order valence-corrected chi connectivity index (χ0v) is 12.8. The summed E-state index contributed by atoms with van der Waals surface area (Å²) in [5.41, 5.74) is 4.28. The number of carbonyl (C=O) groups excluding carboxylic acids is 1. The fraction of sp³-hybridized carbons (Fsp3) is 0.278. The molecule has 4 nitrogen and oxygen atoms in total. The van der Waals surface area contributed by atoms with Gasteiger partial charge in [-0.05, 0) is 22.3 Å². The minimum absolute atomic E-state index is 0.0601. The molecule has 0 unspecified atom stereocenters. The molecule has 3 rings (SSSR count). The molecule has 0 aromatic heterocycles. The molecule has 1 aliphatic carbocycles. The van der Waals surface area contributed by atoms with Gasteiger partial charge >= 0.3 is 6.09 Å². The zero-order chi connectivity index (χ0) is 17.2. The summed E-state index contributed by atoms with van der Waals surface area (Å²) in [6.07, 6.45) is -0.926. The van der Waals surface area contributed by atoms with Crippen LogP contribution in [0, 0.1) is 0 Å². The van der Waals surface area contributed by atoms with Crippen molar-refractivity contribution in [3.05, 3.63) is 59.7 Å². The quantitative estimate of drug-likeness (QED) is 0.884. The number of benzene rings is 2. The van der Waals surface area contributed by atoms with Gasteiger partial charge in [0.1, 0.15) is 13.2 Å². The summed E-state index contributed by atoms with van der Waals surface area (Å²) in [5, 5.41) is 10.5. The molecule has 0 aliphatic heterocycles. The van der Waals surface area contributed by atoms with Crippen LogP contribution < -0.4 is 5.32 Å². The number of ether oxygens (including phenoxy) is 1. The first-order valence-corrected chi connectivity index (χ1v) is 7.59. The van der Waals surface area contributed by atoms with Crippen LogP contribution in [-0.2, 0) is 4.74 Å². The number of amides is 1. The molecule has 0 spiro atoms. The molecule has 2 N–H and O–H groups in total. The minimum atomic E-state index is -3.36. The molecule has 0 fully saturated rings. The van der Waals surface area contributed by atoms with Gasteiger partial charge in [-0.3, -0.25) is 0 Å². The molecular formula is C18H17F2NO3. The molecule has 6 heteroatoms. The number of carbonyl (C=O) groups is 1. The SMILES string of the molecule is O=C(NCC(F)(F)CO)OCC1c2ccccc2-c2ccccc21. The van der Waals surface area contributed by atoms with E-state index in [-0.39, 0.29) is 12.5 Å². The van der Waals surface area contributed by atoms with E-state index in [9.17, 15) is 13.6 Å². The summed E-state index contributed by atoms with van der Waals surface area (Å²) in [6, 6.07) is 15.7. The van der Waals surface area contributed by atoms with Crippen LogP contribution in [0.3, 0.4) is 0 Å². The van der Waals surface area contributed by atoms with Crippen molar-refractivity contribution in [3.63, 3.8) is 0 Å². The lowest BCUT2D eigenvalue weighted by molar-refractivity contribution is -0.0470. The number of alkyl carbamates (subject to hydrolysis) is 1. The van der Waals surface area contributed by atoms with Gasteiger partial charge < -0.3 is 15.2 Å². The Kier molecular flexibility index (Phi) is 4.49. The summed E-state index contributed by atoms with van der Waals surface area (Å²) in [5.74, 6) is -3.48. The van der Waals surface area contributed by atoms with E-state index in [0.717, 1.165) is 22.3 Å². The highest BCUT2D eigenvalue weighted by molar-refractivity contribution is 5.79. The van der Waals surface area contributed by atoms with Crippen molar-refractivity contribution in [1.29, 1.82) is 0 Å². The number of alkyl halides is 2. The zero-order valence-electron chi connectivity index (χ0n) is 12.8. The second-order valence-electron chi connectivity index (χ2n) is 5.69. The molecular weight excluding hydrogens is 316 g/mol. The summed E-state index contributed by atoms with van der Waals surface area (Å²) >= 11 is 0. The van der Waals surface area contributed by atoms with E-state index < -0.39 is 25.2 Å². The Morgan fingerprint density at radius 2 is 1.62 bits per heavy atom. The molecule has 1 aliphatic rings. The van der Waals surface area contributed by atoms with Crippen LogP contribution in [0.15, 0.2) is 48.5 Å². The van der Waals surface area contributed by atoms with E-state index in [2.05, 4.69) is 0 Å². The summed E-state index contributed by atoms with van der Waals surface area (Å²) in [6.45, 7) is -2.22. The van der Waals surface area contributed by atoms with Crippen LogP contribution >= 0.6 is 0 Å². The van der Waals surface area contributed by atoms with Crippen LogP contribution in [0.2, 0.25) is 0 Å². The highest BCUT2D eigenvalue weighted by atomic mass is 19.3. The third kappa shape index (κ3) is 3.23. The summed E-state index contributed by atoms with van der Waals surface area (Å²) in [4.78, 5) is 11.6. The van der Waals surface area contributed by atoms with Gasteiger partial charge in [0.15, 0.2) is 0 Å². The van der Waals surface area contributed by atoms with Crippen molar-refractivity contribution < 1.29 is 23.4 Å². The van der Waals surface area contributed by atoms with E-state index in [1.807, 2.05) is 53.8 Å². The van der Waals surface area contributed by atoms with Crippen molar-refractivity contribution in [2.24, 2.45) is 0 Å². The van der Waals surface area contributed by atoms with Gasteiger partial charge in [-0.1, -0.05) is 48.5 Å². The number of nitrogens with one attached hydrogen (secondary N) is 1. The maximum absolute atomic E-state index is 12.9. The Morgan fingerprint density at radius 1 is 1.08 bits per heavy atom. The largest absolute Gasteiger partial charge is 0.449 e. The molecule has 1 amide bonds. The van der Waals surface area contributed by atoms with Crippen molar-refractivity contribution in [2.75, 3.05) is 19.8 Å². The second kappa shape index (κ2) is 6.57. The normalized spacial score (nSPS) is 13.3. The second-order valence-corrected chi connectivity index (χ2v) is 5.69. The molecule has 0 saturated heterocycles. The summed E-state index contributed by atoms with van der Waals surface area (Å²) in [7, 11) is 0. The number of rotatable bonds is 5. The van der Waals surface area contributed by atoms with E-state index in [4.69, 9.17) is 9.84 Å². The summed E-state index contributed by atoms with van der Waals surface area (Å²) < 4.78 is 31.0. The molecule has 0 heterocycles. The molecule has 0 bridgehead atoms. The average Bonchev–Trinajstić information content (AvgIpc) is 2.92. The lowest BCUT2D eigenvalue weighted by atomic mass is 9.98. The van der Waals surface area contributed by atoms with Gasteiger partial charge in [0, 0.05) is 5.92 Å². The molecule has 126 valence electrons. The highest BCUT2D eigenvalue weighted by Gasteiger charge is 2.30. The fourth-order valence-corrected chi connectivity index (χ4v) is 2.91. The maximum atomic E-state index is 12.9.